The summed E-state index contributed by atoms with van der Waals surface area (Å²) in [4.78, 5) is 30.4. The molecule has 1 N–H and O–H groups in total. The highest BCUT2D eigenvalue weighted by atomic mass is 16.2. The number of nitrogens with one attached hydrogen (secondary N) is 1. The van der Waals surface area contributed by atoms with Crippen molar-refractivity contribution in [2.75, 3.05) is 6.54 Å². The van der Waals surface area contributed by atoms with E-state index in [9.17, 15) is 9.59 Å². The van der Waals surface area contributed by atoms with Crippen LogP contribution in [0.15, 0.2) is 41.2 Å². The van der Waals surface area contributed by atoms with E-state index >= 15 is 0 Å². The number of hydrogen-bond acceptors (Lipinski definition) is 3. The van der Waals surface area contributed by atoms with Crippen LogP contribution in [-0.2, 0) is 30.7 Å². The number of fused-ring (bicyclic) bond motifs is 2. The van der Waals surface area contributed by atoms with Crippen LogP contribution in [-0.4, -0.2) is 26.6 Å². The van der Waals surface area contributed by atoms with Crippen LogP contribution in [0.5, 0.6) is 0 Å². The highest BCUT2D eigenvalue weighted by Gasteiger charge is 2.19. The lowest BCUT2D eigenvalue weighted by molar-refractivity contribution is -0.121. The van der Waals surface area contributed by atoms with Crippen molar-refractivity contribution < 1.29 is 4.79 Å². The molecule has 0 radical (unpaired) electrons. The maximum Gasteiger partial charge on any atom is 0.278 e. The van der Waals surface area contributed by atoms with Crippen LogP contribution in [0.25, 0.3) is 11.0 Å². The number of benzene rings is 1. The molecule has 2 aromatic heterocycles. The smallest absolute Gasteiger partial charge is 0.278 e. The Bertz CT molecular complexity index is 1070. The summed E-state index contributed by atoms with van der Waals surface area (Å²) >= 11 is 0. The Hall–Kier alpha value is -2.89. The average Bonchev–Trinajstić information content (AvgIpc) is 2.88. The molecule has 0 unspecified atom stereocenters. The third kappa shape index (κ3) is 4.26. The van der Waals surface area contributed by atoms with Gasteiger partial charge in [0.1, 0.15) is 17.9 Å². The minimum absolute atomic E-state index is 0.0168. The van der Waals surface area contributed by atoms with Gasteiger partial charge in [-0.25, -0.2) is 4.98 Å². The molecule has 0 saturated carbocycles. The van der Waals surface area contributed by atoms with E-state index in [1.54, 1.807) is 0 Å². The zero-order chi connectivity index (χ0) is 20.2. The normalized spacial score (nSPS) is 13.8. The SMILES string of the molecule is Cc1cc2nc3n(c(=O)c2n1CC(=O)NCCCc1ccccc1)CCCCC3. The second-order valence-corrected chi connectivity index (χ2v) is 7.84. The molecule has 6 nitrogen and oxygen atoms in total. The molecule has 4 rings (SSSR count). The predicted molar refractivity (Wildman–Crippen MR) is 114 cm³/mol. The van der Waals surface area contributed by atoms with E-state index in [-0.39, 0.29) is 18.0 Å². The number of amides is 1. The molecule has 3 heterocycles. The number of carbonyl (C=O) groups is 1. The molecule has 0 saturated heterocycles. The fourth-order valence-corrected chi connectivity index (χ4v) is 4.13. The number of carbonyl (C=O) groups excluding carboxylic acids is 1. The summed E-state index contributed by atoms with van der Waals surface area (Å²) in [5.74, 6) is 0.806. The maximum atomic E-state index is 13.1. The monoisotopic (exact) mass is 392 g/mol. The van der Waals surface area contributed by atoms with Gasteiger partial charge in [-0.15, -0.1) is 0 Å². The van der Waals surface area contributed by atoms with Crippen LogP contribution in [0.4, 0.5) is 0 Å². The van der Waals surface area contributed by atoms with Crippen molar-refractivity contribution in [3.8, 4) is 0 Å². The lowest BCUT2D eigenvalue weighted by Crippen LogP contribution is -2.31. The molecule has 0 fully saturated rings. The van der Waals surface area contributed by atoms with Crippen molar-refractivity contribution in [1.82, 2.24) is 19.4 Å². The summed E-state index contributed by atoms with van der Waals surface area (Å²) in [6.45, 7) is 3.42. The highest BCUT2D eigenvalue weighted by molar-refractivity contribution is 5.81. The predicted octanol–water partition coefficient (Wildman–Crippen LogP) is 2.98. The Morgan fingerprint density at radius 2 is 2.00 bits per heavy atom. The van der Waals surface area contributed by atoms with Crippen molar-refractivity contribution >= 4 is 16.9 Å². The van der Waals surface area contributed by atoms with E-state index < -0.39 is 0 Å². The Kier molecular flexibility index (Phi) is 5.79. The van der Waals surface area contributed by atoms with E-state index in [2.05, 4.69) is 17.4 Å². The molecule has 6 heteroatoms. The first-order valence-electron chi connectivity index (χ1n) is 10.5. The Balaban J connectivity index is 1.46. The van der Waals surface area contributed by atoms with E-state index in [0.29, 0.717) is 24.1 Å². The third-order valence-electron chi connectivity index (χ3n) is 5.68. The zero-order valence-corrected chi connectivity index (χ0v) is 17.0. The molecule has 152 valence electrons. The summed E-state index contributed by atoms with van der Waals surface area (Å²) in [7, 11) is 0. The summed E-state index contributed by atoms with van der Waals surface area (Å²) in [6.07, 6.45) is 5.86. The summed E-state index contributed by atoms with van der Waals surface area (Å²) in [5.41, 5.74) is 3.40. The minimum Gasteiger partial charge on any atom is -0.355 e. The molecule has 1 amide bonds. The van der Waals surface area contributed by atoms with Gasteiger partial charge in [0.05, 0.1) is 5.52 Å². The van der Waals surface area contributed by atoms with Gasteiger partial charge in [0.2, 0.25) is 5.91 Å². The first kappa shape index (κ1) is 19.4. The van der Waals surface area contributed by atoms with Gasteiger partial charge in [0.25, 0.3) is 5.56 Å². The van der Waals surface area contributed by atoms with Crippen LogP contribution < -0.4 is 10.9 Å². The van der Waals surface area contributed by atoms with Crippen molar-refractivity contribution in [2.24, 2.45) is 0 Å². The minimum atomic E-state index is -0.0713. The Morgan fingerprint density at radius 3 is 2.83 bits per heavy atom. The molecule has 1 aliphatic heterocycles. The quantitative estimate of drug-likeness (QED) is 0.656. The topological polar surface area (TPSA) is 68.9 Å². The van der Waals surface area contributed by atoms with E-state index in [1.165, 1.54) is 5.56 Å². The van der Waals surface area contributed by atoms with Crippen LogP contribution in [0.3, 0.4) is 0 Å². The zero-order valence-electron chi connectivity index (χ0n) is 17.0. The largest absolute Gasteiger partial charge is 0.355 e. The van der Waals surface area contributed by atoms with Crippen molar-refractivity contribution in [3.63, 3.8) is 0 Å². The fraction of sp³-hybridized carbons (Fsp3) is 0.435. The first-order chi connectivity index (χ1) is 14.1. The van der Waals surface area contributed by atoms with Crippen molar-refractivity contribution in [3.05, 3.63) is 63.8 Å². The van der Waals surface area contributed by atoms with Gasteiger partial charge in [-0.05, 0) is 44.2 Å². The van der Waals surface area contributed by atoms with Crippen LogP contribution in [0, 0.1) is 6.92 Å². The molecule has 1 aliphatic rings. The standard InChI is InChI=1S/C23H28N4O2/c1-17-15-19-22(23(29)26-14-7-3-6-12-20(26)25-19)27(17)16-21(28)24-13-8-11-18-9-4-2-5-10-18/h2,4-5,9-10,15H,3,6-8,11-14,16H2,1H3,(H,24,28). The lowest BCUT2D eigenvalue weighted by Gasteiger charge is -2.12. The van der Waals surface area contributed by atoms with E-state index in [1.807, 2.05) is 40.3 Å². The van der Waals surface area contributed by atoms with Gasteiger partial charge in [-0.1, -0.05) is 36.8 Å². The van der Waals surface area contributed by atoms with Gasteiger partial charge < -0.3 is 9.88 Å². The van der Waals surface area contributed by atoms with Crippen molar-refractivity contribution in [2.45, 2.75) is 58.5 Å². The van der Waals surface area contributed by atoms with Crippen molar-refractivity contribution in [1.29, 1.82) is 0 Å². The number of nitrogens with zero attached hydrogens (tertiary/aromatic N) is 3. The van der Waals surface area contributed by atoms with Gasteiger partial charge in [-0.2, -0.15) is 0 Å². The molecule has 0 atom stereocenters. The van der Waals surface area contributed by atoms with Gasteiger partial charge in [0.15, 0.2) is 0 Å². The third-order valence-corrected chi connectivity index (χ3v) is 5.68. The molecule has 0 aliphatic carbocycles. The van der Waals surface area contributed by atoms with E-state index in [0.717, 1.165) is 50.0 Å². The Labute approximate surface area is 170 Å². The molecule has 0 bridgehead atoms. The van der Waals surface area contributed by atoms with Gasteiger partial charge >= 0.3 is 0 Å². The summed E-state index contributed by atoms with van der Waals surface area (Å²) in [6, 6.07) is 12.2. The molecule has 0 spiro atoms. The molecule has 3 aromatic rings. The number of aryl methyl sites for hydroxylation is 3. The van der Waals surface area contributed by atoms with Crippen LogP contribution in [0.1, 0.15) is 42.8 Å². The fourth-order valence-electron chi connectivity index (χ4n) is 4.13. The molecule has 29 heavy (non-hydrogen) atoms. The van der Waals surface area contributed by atoms with Gasteiger partial charge in [-0.3, -0.25) is 14.2 Å². The number of rotatable bonds is 6. The number of hydrogen-bond donors (Lipinski definition) is 1. The lowest BCUT2D eigenvalue weighted by atomic mass is 10.1. The number of aromatic nitrogens is 3. The summed E-state index contributed by atoms with van der Waals surface area (Å²) in [5, 5.41) is 2.99. The van der Waals surface area contributed by atoms with Crippen LogP contribution >= 0.6 is 0 Å². The maximum absolute atomic E-state index is 13.1. The summed E-state index contributed by atoms with van der Waals surface area (Å²) < 4.78 is 3.62. The average molecular weight is 393 g/mol. The molecular formula is C23H28N4O2. The second-order valence-electron chi connectivity index (χ2n) is 7.84. The van der Waals surface area contributed by atoms with Gasteiger partial charge in [0, 0.05) is 25.2 Å². The Morgan fingerprint density at radius 1 is 1.17 bits per heavy atom. The molecular weight excluding hydrogens is 364 g/mol. The molecule has 1 aromatic carbocycles. The second kappa shape index (κ2) is 8.64. The highest BCUT2D eigenvalue weighted by Crippen LogP contribution is 2.18. The first-order valence-corrected chi connectivity index (χ1v) is 10.5. The van der Waals surface area contributed by atoms with Crippen LogP contribution in [0.2, 0.25) is 0 Å². The van der Waals surface area contributed by atoms with E-state index in [4.69, 9.17) is 4.98 Å².